The Balaban J connectivity index is 1.41. The third-order valence-electron chi connectivity index (χ3n) is 4.74. The van der Waals surface area contributed by atoms with Crippen molar-refractivity contribution in [2.75, 3.05) is 7.11 Å². The molecule has 0 saturated carbocycles. The van der Waals surface area contributed by atoms with E-state index in [-0.39, 0.29) is 12.4 Å². The highest BCUT2D eigenvalue weighted by Crippen LogP contribution is 2.28. The number of hydrazone groups is 1. The summed E-state index contributed by atoms with van der Waals surface area (Å²) in [7, 11) is 1.54. The van der Waals surface area contributed by atoms with Crippen LogP contribution in [0.1, 0.15) is 27.2 Å². The van der Waals surface area contributed by atoms with Crippen molar-refractivity contribution in [3.63, 3.8) is 0 Å². The van der Waals surface area contributed by atoms with Crippen LogP contribution < -0.4 is 14.9 Å². The number of para-hydroxylation sites is 1. The molecule has 4 rings (SSSR count). The summed E-state index contributed by atoms with van der Waals surface area (Å²) in [6, 6.07) is 23.7. The number of furan rings is 1. The van der Waals surface area contributed by atoms with Gasteiger partial charge in [-0.1, -0.05) is 36.4 Å². The molecule has 0 bridgehead atoms. The molecule has 0 fully saturated rings. The third kappa shape index (κ3) is 4.60. The van der Waals surface area contributed by atoms with Crippen LogP contribution >= 0.6 is 0 Å². The van der Waals surface area contributed by atoms with E-state index in [0.29, 0.717) is 28.2 Å². The molecule has 0 unspecified atom stereocenters. The predicted octanol–water partition coefficient (Wildman–Crippen LogP) is 4.66. The van der Waals surface area contributed by atoms with Crippen molar-refractivity contribution in [2.45, 2.75) is 6.61 Å². The van der Waals surface area contributed by atoms with E-state index in [9.17, 15) is 10.1 Å². The lowest BCUT2D eigenvalue weighted by Crippen LogP contribution is -2.16. The van der Waals surface area contributed by atoms with Crippen molar-refractivity contribution in [3.8, 4) is 17.6 Å². The second-order valence-electron chi connectivity index (χ2n) is 6.82. The Morgan fingerprint density at radius 1 is 1.09 bits per heavy atom. The fourth-order valence-electron chi connectivity index (χ4n) is 3.11. The zero-order valence-corrected chi connectivity index (χ0v) is 17.2. The van der Waals surface area contributed by atoms with Crippen molar-refractivity contribution in [2.24, 2.45) is 5.10 Å². The van der Waals surface area contributed by atoms with Crippen LogP contribution in [-0.2, 0) is 6.61 Å². The number of carbonyl (C=O) groups excluding carboxylic acids is 1. The minimum Gasteiger partial charge on any atom is -0.493 e. The second-order valence-corrected chi connectivity index (χ2v) is 6.82. The van der Waals surface area contributed by atoms with Gasteiger partial charge in [0.2, 0.25) is 0 Å². The minimum atomic E-state index is -0.444. The van der Waals surface area contributed by atoms with Crippen LogP contribution in [0.15, 0.2) is 82.3 Å². The number of amides is 1. The van der Waals surface area contributed by atoms with Crippen molar-refractivity contribution in [1.82, 2.24) is 5.43 Å². The summed E-state index contributed by atoms with van der Waals surface area (Å²) in [4.78, 5) is 12.3. The Bertz CT molecular complexity index is 1300. The van der Waals surface area contributed by atoms with E-state index in [2.05, 4.69) is 16.6 Å². The zero-order chi connectivity index (χ0) is 22.3. The molecule has 1 N–H and O–H groups in total. The van der Waals surface area contributed by atoms with E-state index < -0.39 is 5.91 Å². The maximum absolute atomic E-state index is 12.3. The topological polar surface area (TPSA) is 96.8 Å². The number of benzene rings is 3. The molecular weight excluding hydrogens is 406 g/mol. The molecule has 7 heteroatoms. The molecule has 7 nitrogen and oxygen atoms in total. The van der Waals surface area contributed by atoms with E-state index in [1.807, 2.05) is 36.4 Å². The summed E-state index contributed by atoms with van der Waals surface area (Å²) < 4.78 is 16.8. The maximum Gasteiger partial charge on any atom is 0.307 e. The summed E-state index contributed by atoms with van der Waals surface area (Å²) in [6.07, 6.45) is 1.50. The first-order valence-electron chi connectivity index (χ1n) is 9.79. The van der Waals surface area contributed by atoms with Gasteiger partial charge < -0.3 is 13.9 Å². The van der Waals surface area contributed by atoms with Gasteiger partial charge in [-0.05, 0) is 42.0 Å². The van der Waals surface area contributed by atoms with Gasteiger partial charge in [-0.3, -0.25) is 4.79 Å². The van der Waals surface area contributed by atoms with E-state index in [1.54, 1.807) is 36.4 Å². The molecule has 158 valence electrons. The van der Waals surface area contributed by atoms with Crippen molar-refractivity contribution in [3.05, 3.63) is 95.2 Å². The predicted molar refractivity (Wildman–Crippen MR) is 120 cm³/mol. The molecule has 32 heavy (non-hydrogen) atoms. The van der Waals surface area contributed by atoms with Gasteiger partial charge in [0.1, 0.15) is 12.2 Å². The second kappa shape index (κ2) is 9.49. The van der Waals surface area contributed by atoms with Crippen molar-refractivity contribution in [1.29, 1.82) is 5.26 Å². The summed E-state index contributed by atoms with van der Waals surface area (Å²) in [6.45, 7) is 0.237. The maximum atomic E-state index is 12.3. The summed E-state index contributed by atoms with van der Waals surface area (Å²) in [5, 5.41) is 14.0. The number of methoxy groups -OCH3 is 1. The van der Waals surface area contributed by atoms with Crippen LogP contribution in [-0.4, -0.2) is 19.2 Å². The molecule has 0 saturated heterocycles. The first-order valence-corrected chi connectivity index (χ1v) is 9.79. The van der Waals surface area contributed by atoms with Gasteiger partial charge in [0.05, 0.1) is 25.0 Å². The number of carbonyl (C=O) groups is 1. The highest BCUT2D eigenvalue weighted by atomic mass is 16.5. The lowest BCUT2D eigenvalue weighted by Gasteiger charge is -2.12. The van der Waals surface area contributed by atoms with Gasteiger partial charge in [0.25, 0.3) is 0 Å². The van der Waals surface area contributed by atoms with E-state index in [4.69, 9.17) is 13.9 Å². The SMILES string of the molecule is COc1cc(/C=N/NC(=O)c2cc3ccccc3o2)ccc1OCc1ccccc1C#N. The van der Waals surface area contributed by atoms with Crippen LogP contribution in [0.3, 0.4) is 0 Å². The van der Waals surface area contributed by atoms with Gasteiger partial charge in [0, 0.05) is 10.9 Å². The van der Waals surface area contributed by atoms with E-state index in [1.165, 1.54) is 13.3 Å². The fourth-order valence-corrected chi connectivity index (χ4v) is 3.11. The quantitative estimate of drug-likeness (QED) is 0.343. The molecule has 0 aliphatic rings. The van der Waals surface area contributed by atoms with Crippen molar-refractivity contribution >= 4 is 23.1 Å². The number of nitrogens with zero attached hydrogens (tertiary/aromatic N) is 2. The number of ether oxygens (including phenoxy) is 2. The average Bonchev–Trinajstić information content (AvgIpc) is 3.27. The molecule has 3 aromatic carbocycles. The number of hydrogen-bond acceptors (Lipinski definition) is 6. The average molecular weight is 425 g/mol. The normalized spacial score (nSPS) is 10.8. The van der Waals surface area contributed by atoms with Gasteiger partial charge in [-0.15, -0.1) is 0 Å². The molecule has 0 spiro atoms. The monoisotopic (exact) mass is 425 g/mol. The first-order chi connectivity index (χ1) is 15.7. The van der Waals surface area contributed by atoms with Gasteiger partial charge in [-0.25, -0.2) is 5.43 Å². The molecule has 1 heterocycles. The minimum absolute atomic E-state index is 0.183. The number of nitriles is 1. The molecule has 4 aromatic rings. The highest BCUT2D eigenvalue weighted by molar-refractivity contribution is 5.96. The largest absolute Gasteiger partial charge is 0.493 e. The van der Waals surface area contributed by atoms with Gasteiger partial charge >= 0.3 is 5.91 Å². The van der Waals surface area contributed by atoms with E-state index in [0.717, 1.165) is 10.9 Å². The first kappa shape index (κ1) is 20.7. The highest BCUT2D eigenvalue weighted by Gasteiger charge is 2.11. The lowest BCUT2D eigenvalue weighted by atomic mass is 10.1. The lowest BCUT2D eigenvalue weighted by molar-refractivity contribution is 0.0929. The summed E-state index contributed by atoms with van der Waals surface area (Å²) in [5.41, 5.74) is 5.15. The third-order valence-corrected chi connectivity index (χ3v) is 4.74. The Kier molecular flexibility index (Phi) is 6.14. The number of hydrogen-bond donors (Lipinski definition) is 1. The van der Waals surface area contributed by atoms with Crippen LogP contribution in [0.4, 0.5) is 0 Å². The molecule has 0 radical (unpaired) electrons. The smallest absolute Gasteiger partial charge is 0.307 e. The molecule has 0 aliphatic carbocycles. The molecule has 1 amide bonds. The van der Waals surface area contributed by atoms with Gasteiger partial charge in [-0.2, -0.15) is 10.4 Å². The molecule has 1 aromatic heterocycles. The molecule has 0 aliphatic heterocycles. The fraction of sp³-hybridized carbons (Fsp3) is 0.0800. The Morgan fingerprint density at radius 2 is 1.91 bits per heavy atom. The van der Waals surface area contributed by atoms with Crippen LogP contribution in [0.5, 0.6) is 11.5 Å². The molecular formula is C25H19N3O4. The standard InChI is InChI=1S/C25H19N3O4/c1-30-23-12-17(10-11-22(23)31-16-20-8-3-2-7-19(20)14-26)15-27-28-25(29)24-13-18-6-4-5-9-21(18)32-24/h2-13,15H,16H2,1H3,(H,28,29)/b27-15+. The zero-order valence-electron chi connectivity index (χ0n) is 17.2. The van der Waals surface area contributed by atoms with Crippen LogP contribution in [0.2, 0.25) is 0 Å². The Morgan fingerprint density at radius 3 is 2.72 bits per heavy atom. The van der Waals surface area contributed by atoms with Gasteiger partial charge in [0.15, 0.2) is 17.3 Å². The van der Waals surface area contributed by atoms with E-state index >= 15 is 0 Å². The number of nitrogens with one attached hydrogen (secondary N) is 1. The Hall–Kier alpha value is -4.57. The summed E-state index contributed by atoms with van der Waals surface area (Å²) in [5.74, 6) is 0.776. The molecule has 0 atom stereocenters. The van der Waals surface area contributed by atoms with Crippen LogP contribution in [0, 0.1) is 11.3 Å². The number of rotatable bonds is 7. The van der Waals surface area contributed by atoms with Crippen molar-refractivity contribution < 1.29 is 18.7 Å². The number of fused-ring (bicyclic) bond motifs is 1. The Labute approximate surface area is 184 Å². The van der Waals surface area contributed by atoms with Crippen LogP contribution in [0.25, 0.3) is 11.0 Å². The summed E-state index contributed by atoms with van der Waals surface area (Å²) >= 11 is 0.